The van der Waals surface area contributed by atoms with Crippen LogP contribution in [0.15, 0.2) is 48.2 Å². The van der Waals surface area contributed by atoms with Crippen LogP contribution in [0.2, 0.25) is 0 Å². The fourth-order valence-electron chi connectivity index (χ4n) is 2.36. The zero-order valence-electron chi connectivity index (χ0n) is 15.3. The fourth-order valence-corrected chi connectivity index (χ4v) is 2.36. The Morgan fingerprint density at radius 2 is 1.69 bits per heavy atom. The molecule has 2 aromatic rings. The van der Waals surface area contributed by atoms with Crippen molar-refractivity contribution in [2.45, 2.75) is 13.8 Å². The second-order valence-electron chi connectivity index (χ2n) is 5.62. The number of rotatable bonds is 6. The second kappa shape index (κ2) is 8.71. The van der Waals surface area contributed by atoms with E-state index in [9.17, 15) is 9.59 Å². The molecule has 136 valence electrons. The largest absolute Gasteiger partial charge is 0.493 e. The Kier molecular flexibility index (Phi) is 6.38. The smallest absolute Gasteiger partial charge is 0.272 e. The van der Waals surface area contributed by atoms with E-state index >= 15 is 0 Å². The quantitative estimate of drug-likeness (QED) is 0.782. The summed E-state index contributed by atoms with van der Waals surface area (Å²) in [6.45, 7) is 3.29. The zero-order valence-corrected chi connectivity index (χ0v) is 15.3. The van der Waals surface area contributed by atoms with E-state index in [4.69, 9.17) is 9.47 Å². The Bertz CT molecular complexity index is 843. The van der Waals surface area contributed by atoms with E-state index < -0.39 is 5.91 Å². The standard InChI is InChI=1S/C20H22N2O4/c1-13-7-5-6-8-15(13)11-17(21-14(2)23)20(24)22-16-9-10-18(25-3)19(12-16)26-4/h5-12H,1-4H3,(H,21,23)(H,22,24)/b17-11-. The van der Waals surface area contributed by atoms with Crippen LogP contribution in [0, 0.1) is 6.92 Å². The van der Waals surface area contributed by atoms with Crippen LogP contribution in [0.5, 0.6) is 11.5 Å². The molecule has 0 radical (unpaired) electrons. The Balaban J connectivity index is 2.30. The van der Waals surface area contributed by atoms with Crippen molar-refractivity contribution >= 4 is 23.6 Å². The first-order chi connectivity index (χ1) is 12.4. The van der Waals surface area contributed by atoms with Crippen molar-refractivity contribution in [3.63, 3.8) is 0 Å². The monoisotopic (exact) mass is 354 g/mol. The van der Waals surface area contributed by atoms with Gasteiger partial charge in [0.05, 0.1) is 14.2 Å². The Morgan fingerprint density at radius 3 is 2.31 bits per heavy atom. The summed E-state index contributed by atoms with van der Waals surface area (Å²) in [5, 5.41) is 5.34. The second-order valence-corrected chi connectivity index (χ2v) is 5.62. The Morgan fingerprint density at radius 1 is 1.00 bits per heavy atom. The normalized spacial score (nSPS) is 10.8. The van der Waals surface area contributed by atoms with Gasteiger partial charge in [-0.15, -0.1) is 0 Å². The summed E-state index contributed by atoms with van der Waals surface area (Å²) in [5.41, 5.74) is 2.52. The highest BCUT2D eigenvalue weighted by molar-refractivity contribution is 6.08. The summed E-state index contributed by atoms with van der Waals surface area (Å²) in [5.74, 6) is 0.292. The molecule has 6 heteroatoms. The van der Waals surface area contributed by atoms with Crippen molar-refractivity contribution in [3.05, 3.63) is 59.3 Å². The number of carbonyl (C=O) groups excluding carboxylic acids is 2. The molecule has 0 aliphatic carbocycles. The molecule has 0 aliphatic rings. The number of hydrogen-bond donors (Lipinski definition) is 2. The van der Waals surface area contributed by atoms with Gasteiger partial charge in [0.15, 0.2) is 11.5 Å². The third-order valence-corrected chi connectivity index (χ3v) is 3.69. The summed E-state index contributed by atoms with van der Waals surface area (Å²) in [6.07, 6.45) is 1.65. The summed E-state index contributed by atoms with van der Waals surface area (Å²) in [6, 6.07) is 12.6. The maximum atomic E-state index is 12.7. The molecule has 0 heterocycles. The lowest BCUT2D eigenvalue weighted by atomic mass is 10.1. The van der Waals surface area contributed by atoms with Crippen molar-refractivity contribution in [3.8, 4) is 11.5 Å². The lowest BCUT2D eigenvalue weighted by molar-refractivity contribution is -0.120. The van der Waals surface area contributed by atoms with Crippen LogP contribution in [0.25, 0.3) is 6.08 Å². The molecule has 2 N–H and O–H groups in total. The van der Waals surface area contributed by atoms with Gasteiger partial charge in [0.1, 0.15) is 5.70 Å². The first-order valence-corrected chi connectivity index (χ1v) is 8.03. The van der Waals surface area contributed by atoms with Crippen molar-refractivity contribution in [2.75, 3.05) is 19.5 Å². The number of benzene rings is 2. The molecule has 6 nitrogen and oxygen atoms in total. The molecule has 0 atom stereocenters. The van der Waals surface area contributed by atoms with E-state index in [0.717, 1.165) is 11.1 Å². The number of carbonyl (C=O) groups is 2. The lowest BCUT2D eigenvalue weighted by Crippen LogP contribution is -2.29. The first-order valence-electron chi connectivity index (χ1n) is 8.03. The van der Waals surface area contributed by atoms with Gasteiger partial charge in [-0.25, -0.2) is 0 Å². The van der Waals surface area contributed by atoms with Crippen LogP contribution in [-0.2, 0) is 9.59 Å². The SMILES string of the molecule is COc1ccc(NC(=O)/C(=C/c2ccccc2C)NC(C)=O)cc1OC. The van der Waals surface area contributed by atoms with E-state index in [0.29, 0.717) is 17.2 Å². The van der Waals surface area contributed by atoms with Crippen LogP contribution in [0.1, 0.15) is 18.1 Å². The van der Waals surface area contributed by atoms with Gasteiger partial charge in [0.25, 0.3) is 5.91 Å². The molecule has 2 rings (SSSR count). The maximum Gasteiger partial charge on any atom is 0.272 e. The molecule has 0 aromatic heterocycles. The fraction of sp³-hybridized carbons (Fsp3) is 0.200. The maximum absolute atomic E-state index is 12.7. The zero-order chi connectivity index (χ0) is 19.1. The molecule has 0 aliphatic heterocycles. The highest BCUT2D eigenvalue weighted by atomic mass is 16.5. The minimum absolute atomic E-state index is 0.154. The molecule has 0 spiro atoms. The minimum Gasteiger partial charge on any atom is -0.493 e. The number of amides is 2. The summed E-state index contributed by atoms with van der Waals surface area (Å²) < 4.78 is 10.4. The third kappa shape index (κ3) is 4.86. The van der Waals surface area contributed by atoms with Gasteiger partial charge in [-0.3, -0.25) is 9.59 Å². The van der Waals surface area contributed by atoms with Gasteiger partial charge >= 0.3 is 0 Å². The minimum atomic E-state index is -0.435. The molecule has 0 saturated carbocycles. The average Bonchev–Trinajstić information content (AvgIpc) is 2.62. The van der Waals surface area contributed by atoms with Gasteiger partial charge in [0.2, 0.25) is 5.91 Å². The number of nitrogens with one attached hydrogen (secondary N) is 2. The van der Waals surface area contributed by atoms with Gasteiger partial charge in [-0.05, 0) is 36.3 Å². The highest BCUT2D eigenvalue weighted by Gasteiger charge is 2.13. The van der Waals surface area contributed by atoms with Crippen molar-refractivity contribution < 1.29 is 19.1 Å². The van der Waals surface area contributed by atoms with Crippen LogP contribution in [-0.4, -0.2) is 26.0 Å². The van der Waals surface area contributed by atoms with Crippen LogP contribution >= 0.6 is 0 Å². The summed E-state index contributed by atoms with van der Waals surface area (Å²) in [7, 11) is 3.06. The van der Waals surface area contributed by atoms with Crippen molar-refractivity contribution in [2.24, 2.45) is 0 Å². The van der Waals surface area contributed by atoms with Crippen molar-refractivity contribution in [1.29, 1.82) is 0 Å². The molecule has 0 bridgehead atoms. The Hall–Kier alpha value is -3.28. The van der Waals surface area contributed by atoms with Gasteiger partial charge < -0.3 is 20.1 Å². The number of methoxy groups -OCH3 is 2. The predicted octanol–water partition coefficient (Wildman–Crippen LogP) is 3.13. The topological polar surface area (TPSA) is 76.7 Å². The number of anilines is 1. The number of ether oxygens (including phenoxy) is 2. The summed E-state index contributed by atoms with van der Waals surface area (Å²) in [4.78, 5) is 24.2. The predicted molar refractivity (Wildman–Crippen MR) is 101 cm³/mol. The molecular weight excluding hydrogens is 332 g/mol. The van der Waals surface area contributed by atoms with Gasteiger partial charge in [-0.2, -0.15) is 0 Å². The number of hydrogen-bond acceptors (Lipinski definition) is 4. The molecule has 2 aromatic carbocycles. The number of aryl methyl sites for hydroxylation is 1. The first kappa shape index (κ1) is 19.1. The average molecular weight is 354 g/mol. The highest BCUT2D eigenvalue weighted by Crippen LogP contribution is 2.29. The van der Waals surface area contributed by atoms with Gasteiger partial charge in [0, 0.05) is 18.7 Å². The van der Waals surface area contributed by atoms with E-state index in [1.54, 1.807) is 24.3 Å². The van der Waals surface area contributed by atoms with E-state index in [2.05, 4.69) is 10.6 Å². The van der Waals surface area contributed by atoms with Gasteiger partial charge in [-0.1, -0.05) is 24.3 Å². The summed E-state index contributed by atoms with van der Waals surface area (Å²) >= 11 is 0. The van der Waals surface area contributed by atoms with Crippen LogP contribution < -0.4 is 20.1 Å². The Labute approximate surface area is 152 Å². The van der Waals surface area contributed by atoms with E-state index in [-0.39, 0.29) is 11.6 Å². The van der Waals surface area contributed by atoms with Crippen LogP contribution in [0.3, 0.4) is 0 Å². The molecule has 26 heavy (non-hydrogen) atoms. The third-order valence-electron chi connectivity index (χ3n) is 3.69. The lowest BCUT2D eigenvalue weighted by Gasteiger charge is -2.13. The molecule has 0 saturated heterocycles. The van der Waals surface area contributed by atoms with Crippen molar-refractivity contribution in [1.82, 2.24) is 5.32 Å². The molecular formula is C20H22N2O4. The van der Waals surface area contributed by atoms with Crippen LogP contribution in [0.4, 0.5) is 5.69 Å². The van der Waals surface area contributed by atoms with E-state index in [1.165, 1.54) is 21.1 Å². The van der Waals surface area contributed by atoms with E-state index in [1.807, 2.05) is 31.2 Å². The molecule has 0 unspecified atom stereocenters. The molecule has 2 amide bonds. The molecule has 0 fully saturated rings.